The van der Waals surface area contributed by atoms with Crippen molar-refractivity contribution in [2.24, 2.45) is 0 Å². The highest BCUT2D eigenvalue weighted by Crippen LogP contribution is 2.09. The van der Waals surface area contributed by atoms with Gasteiger partial charge < -0.3 is 5.32 Å². The summed E-state index contributed by atoms with van der Waals surface area (Å²) < 4.78 is 1.74. The van der Waals surface area contributed by atoms with Crippen LogP contribution in [0.4, 0.5) is 0 Å². The minimum absolute atomic E-state index is 0.0226. The van der Waals surface area contributed by atoms with Gasteiger partial charge in [0.2, 0.25) is 5.91 Å². The molecule has 1 aromatic heterocycles. The molecular weight excluding hydrogens is 252 g/mol. The van der Waals surface area contributed by atoms with Gasteiger partial charge in [0.05, 0.1) is 6.54 Å². The van der Waals surface area contributed by atoms with Crippen LogP contribution in [-0.2, 0) is 17.9 Å². The van der Waals surface area contributed by atoms with E-state index in [-0.39, 0.29) is 11.8 Å². The van der Waals surface area contributed by atoms with E-state index in [1.54, 1.807) is 11.0 Å². The van der Waals surface area contributed by atoms with Crippen molar-refractivity contribution in [1.82, 2.24) is 20.1 Å². The highest BCUT2D eigenvalue weighted by molar-refractivity contribution is 6.27. The minimum Gasteiger partial charge on any atom is -0.351 e. The molecule has 5 nitrogen and oxygen atoms in total. The molecule has 2 aromatic rings. The number of nitrogens with zero attached hydrogens (tertiary/aromatic N) is 3. The van der Waals surface area contributed by atoms with E-state index in [9.17, 15) is 4.79 Å². The first-order chi connectivity index (χ1) is 8.79. The Morgan fingerprint density at radius 1 is 1.33 bits per heavy atom. The Kier molecular flexibility index (Phi) is 4.30. The second-order valence-electron chi connectivity index (χ2n) is 3.77. The van der Waals surface area contributed by atoms with E-state index in [1.165, 1.54) is 6.33 Å². The van der Waals surface area contributed by atoms with E-state index in [0.717, 1.165) is 11.1 Å². The van der Waals surface area contributed by atoms with E-state index >= 15 is 0 Å². The predicted octanol–water partition coefficient (Wildman–Crippen LogP) is 1.18. The van der Waals surface area contributed by atoms with Crippen LogP contribution in [0.15, 0.2) is 36.9 Å². The zero-order chi connectivity index (χ0) is 12.8. The number of aromatic nitrogens is 3. The van der Waals surface area contributed by atoms with Gasteiger partial charge >= 0.3 is 0 Å². The van der Waals surface area contributed by atoms with Crippen molar-refractivity contribution in [2.75, 3.05) is 5.88 Å². The van der Waals surface area contributed by atoms with Crippen molar-refractivity contribution in [3.05, 3.63) is 48.0 Å². The molecule has 0 saturated carbocycles. The van der Waals surface area contributed by atoms with Crippen LogP contribution < -0.4 is 5.32 Å². The molecule has 1 heterocycles. The third-order valence-corrected chi connectivity index (χ3v) is 2.76. The number of hydrogen-bond donors (Lipinski definition) is 1. The summed E-state index contributed by atoms with van der Waals surface area (Å²) in [4.78, 5) is 15.0. The number of halogens is 1. The van der Waals surface area contributed by atoms with E-state index < -0.39 is 0 Å². The first-order valence-corrected chi connectivity index (χ1v) is 6.05. The van der Waals surface area contributed by atoms with Gasteiger partial charge in [0, 0.05) is 6.54 Å². The maximum absolute atomic E-state index is 11.1. The number of rotatable bonds is 5. The molecule has 1 N–H and O–H groups in total. The molecule has 0 atom stereocenters. The third-order valence-electron chi connectivity index (χ3n) is 2.51. The Morgan fingerprint density at radius 2 is 2.11 bits per heavy atom. The van der Waals surface area contributed by atoms with Gasteiger partial charge in [0.25, 0.3) is 0 Å². The molecule has 0 spiro atoms. The lowest BCUT2D eigenvalue weighted by molar-refractivity contribution is -0.118. The summed E-state index contributed by atoms with van der Waals surface area (Å²) in [6.45, 7) is 1.10. The number of carbonyl (C=O) groups excluding carboxylic acids is 1. The molecular formula is C12H13ClN4O. The fourth-order valence-corrected chi connectivity index (χ4v) is 1.71. The van der Waals surface area contributed by atoms with Gasteiger partial charge in [0.15, 0.2) is 0 Å². The second kappa shape index (κ2) is 6.16. The quantitative estimate of drug-likeness (QED) is 0.825. The minimum atomic E-state index is -0.174. The van der Waals surface area contributed by atoms with Crippen molar-refractivity contribution in [2.45, 2.75) is 13.1 Å². The Morgan fingerprint density at radius 3 is 2.78 bits per heavy atom. The number of carbonyl (C=O) groups is 1. The van der Waals surface area contributed by atoms with Gasteiger partial charge in [-0.15, -0.1) is 11.6 Å². The SMILES string of the molecule is O=C(CCl)NCc1ccccc1Cn1cncn1. The van der Waals surface area contributed by atoms with Crippen LogP contribution in [0, 0.1) is 0 Å². The molecule has 1 amide bonds. The molecule has 0 aliphatic heterocycles. The van der Waals surface area contributed by atoms with Gasteiger partial charge in [-0.2, -0.15) is 5.10 Å². The summed E-state index contributed by atoms with van der Waals surface area (Å²) in [5.41, 5.74) is 2.14. The smallest absolute Gasteiger partial charge is 0.235 e. The molecule has 94 valence electrons. The number of benzene rings is 1. The normalized spacial score (nSPS) is 10.3. The first-order valence-electron chi connectivity index (χ1n) is 5.51. The largest absolute Gasteiger partial charge is 0.351 e. The molecule has 0 aliphatic rings. The molecule has 18 heavy (non-hydrogen) atoms. The average molecular weight is 265 g/mol. The van der Waals surface area contributed by atoms with Crippen molar-refractivity contribution in [3.8, 4) is 0 Å². The third kappa shape index (κ3) is 3.30. The molecule has 0 radical (unpaired) electrons. The monoisotopic (exact) mass is 264 g/mol. The van der Waals surface area contributed by atoms with Crippen LogP contribution in [0.25, 0.3) is 0 Å². The maximum atomic E-state index is 11.1. The number of hydrogen-bond acceptors (Lipinski definition) is 3. The van der Waals surface area contributed by atoms with Crippen LogP contribution in [0.3, 0.4) is 0 Å². The molecule has 0 fully saturated rings. The highest BCUT2D eigenvalue weighted by atomic mass is 35.5. The summed E-state index contributed by atoms with van der Waals surface area (Å²) in [6, 6.07) is 7.87. The Labute approximate surface area is 110 Å². The molecule has 0 aliphatic carbocycles. The predicted molar refractivity (Wildman–Crippen MR) is 68.1 cm³/mol. The van der Waals surface area contributed by atoms with E-state index in [2.05, 4.69) is 15.4 Å². The van der Waals surface area contributed by atoms with E-state index in [1.807, 2.05) is 24.3 Å². The lowest BCUT2D eigenvalue weighted by Gasteiger charge is -2.10. The van der Waals surface area contributed by atoms with Crippen LogP contribution in [-0.4, -0.2) is 26.6 Å². The highest BCUT2D eigenvalue weighted by Gasteiger charge is 2.04. The van der Waals surface area contributed by atoms with Crippen LogP contribution in [0.1, 0.15) is 11.1 Å². The van der Waals surface area contributed by atoms with Crippen LogP contribution in [0.2, 0.25) is 0 Å². The summed E-state index contributed by atoms with van der Waals surface area (Å²) in [6.07, 6.45) is 3.16. The average Bonchev–Trinajstić information content (AvgIpc) is 2.90. The van der Waals surface area contributed by atoms with E-state index in [4.69, 9.17) is 11.6 Å². The molecule has 0 unspecified atom stereocenters. The van der Waals surface area contributed by atoms with Crippen molar-refractivity contribution in [1.29, 1.82) is 0 Å². The summed E-state index contributed by atoms with van der Waals surface area (Å²) in [5.74, 6) is -0.196. The number of nitrogens with one attached hydrogen (secondary N) is 1. The van der Waals surface area contributed by atoms with Gasteiger partial charge in [-0.25, -0.2) is 9.67 Å². The maximum Gasteiger partial charge on any atom is 0.235 e. The fourth-order valence-electron chi connectivity index (χ4n) is 1.61. The zero-order valence-corrected chi connectivity index (χ0v) is 10.5. The number of amides is 1. The van der Waals surface area contributed by atoms with Crippen molar-refractivity contribution >= 4 is 17.5 Å². The Balaban J connectivity index is 2.08. The first kappa shape index (κ1) is 12.6. The summed E-state index contributed by atoms with van der Waals surface area (Å²) >= 11 is 5.44. The van der Waals surface area contributed by atoms with Crippen LogP contribution in [0.5, 0.6) is 0 Å². The summed E-state index contributed by atoms with van der Waals surface area (Å²) in [7, 11) is 0. The molecule has 1 aromatic carbocycles. The van der Waals surface area contributed by atoms with Gasteiger partial charge in [-0.05, 0) is 11.1 Å². The lowest BCUT2D eigenvalue weighted by Crippen LogP contribution is -2.24. The standard InChI is InChI=1S/C12H13ClN4O/c13-5-12(18)15-6-10-3-1-2-4-11(10)7-17-9-14-8-16-17/h1-4,8-9H,5-7H2,(H,15,18). The van der Waals surface area contributed by atoms with E-state index in [0.29, 0.717) is 13.1 Å². The molecule has 6 heteroatoms. The van der Waals surface area contributed by atoms with Crippen LogP contribution >= 0.6 is 11.6 Å². The lowest BCUT2D eigenvalue weighted by atomic mass is 10.1. The topological polar surface area (TPSA) is 59.8 Å². The number of alkyl halides is 1. The molecule has 0 bridgehead atoms. The second-order valence-corrected chi connectivity index (χ2v) is 4.04. The summed E-state index contributed by atoms with van der Waals surface area (Å²) in [5, 5.41) is 6.81. The van der Waals surface area contributed by atoms with Crippen molar-refractivity contribution in [3.63, 3.8) is 0 Å². The zero-order valence-electron chi connectivity index (χ0n) is 9.71. The van der Waals surface area contributed by atoms with Gasteiger partial charge in [-0.1, -0.05) is 24.3 Å². The van der Waals surface area contributed by atoms with Gasteiger partial charge in [0.1, 0.15) is 18.5 Å². The molecule has 0 saturated heterocycles. The van der Waals surface area contributed by atoms with Gasteiger partial charge in [-0.3, -0.25) is 4.79 Å². The Bertz CT molecular complexity index is 513. The Hall–Kier alpha value is -1.88. The molecule has 2 rings (SSSR count). The fraction of sp³-hybridized carbons (Fsp3) is 0.250. The van der Waals surface area contributed by atoms with Crippen molar-refractivity contribution < 1.29 is 4.79 Å².